The number of hydrogen-bond acceptors (Lipinski definition) is 7. The van der Waals surface area contributed by atoms with E-state index in [9.17, 15) is 4.79 Å². The van der Waals surface area contributed by atoms with Crippen molar-refractivity contribution in [3.8, 4) is 27.8 Å². The molecule has 0 saturated heterocycles. The highest BCUT2D eigenvalue weighted by Crippen LogP contribution is 2.38. The van der Waals surface area contributed by atoms with Crippen molar-refractivity contribution in [2.24, 2.45) is 0 Å². The first kappa shape index (κ1) is 23.9. The number of carbonyl (C=O) groups is 1. The smallest absolute Gasteiger partial charge is 0.257 e. The molecule has 1 amide bonds. The highest BCUT2D eigenvalue weighted by Gasteiger charge is 2.18. The molecule has 0 bridgehead atoms. The van der Waals surface area contributed by atoms with Gasteiger partial charge in [-0.3, -0.25) is 10.1 Å². The Morgan fingerprint density at radius 1 is 1.00 bits per heavy atom. The van der Waals surface area contributed by atoms with Crippen molar-refractivity contribution in [2.45, 2.75) is 0 Å². The number of nitrogens with one attached hydrogen (secondary N) is 2. The quantitative estimate of drug-likeness (QED) is 0.286. The number of benzene rings is 3. The van der Waals surface area contributed by atoms with E-state index in [4.69, 9.17) is 31.4 Å². The normalized spacial score (nSPS) is 10.6. The maximum absolute atomic E-state index is 12.9. The zero-order chi connectivity index (χ0) is 24.2. The zero-order valence-corrected chi connectivity index (χ0v) is 21.7. The third-order valence-electron chi connectivity index (χ3n) is 4.91. The third-order valence-corrected chi connectivity index (χ3v) is 6.68. The summed E-state index contributed by atoms with van der Waals surface area (Å²) in [6.45, 7) is 0. The summed E-state index contributed by atoms with van der Waals surface area (Å²) in [6.07, 6.45) is 0. The van der Waals surface area contributed by atoms with Crippen LogP contribution in [0.4, 0.5) is 5.69 Å². The molecule has 4 aromatic rings. The summed E-state index contributed by atoms with van der Waals surface area (Å²) in [5, 5.41) is 6.80. The van der Waals surface area contributed by atoms with Gasteiger partial charge in [-0.2, -0.15) is 0 Å². The number of ether oxygens (including phenoxy) is 3. The first-order chi connectivity index (χ1) is 16.4. The van der Waals surface area contributed by atoms with Crippen LogP contribution in [0.3, 0.4) is 0 Å². The molecule has 1 heterocycles. The van der Waals surface area contributed by atoms with Crippen molar-refractivity contribution < 1.29 is 19.0 Å². The summed E-state index contributed by atoms with van der Waals surface area (Å²) in [4.78, 5) is 17.6. The van der Waals surface area contributed by atoms with E-state index in [0.717, 1.165) is 30.9 Å². The van der Waals surface area contributed by atoms with Crippen LogP contribution in [0.25, 0.3) is 20.8 Å². The molecule has 2 N–H and O–H groups in total. The SMILES string of the molecule is COc1cc(C(=O)NC(=S)Nc2ccc(Br)cc2-c2nc3ccccc3s2)cc(OC)c1OC. The minimum Gasteiger partial charge on any atom is -0.493 e. The van der Waals surface area contributed by atoms with Crippen LogP contribution in [0.1, 0.15) is 10.4 Å². The number of halogens is 1. The monoisotopic (exact) mass is 557 g/mol. The highest BCUT2D eigenvalue weighted by atomic mass is 79.9. The molecule has 1 aromatic heterocycles. The van der Waals surface area contributed by atoms with E-state index in [-0.39, 0.29) is 5.11 Å². The fraction of sp³-hybridized carbons (Fsp3) is 0.125. The minimum atomic E-state index is -0.421. The summed E-state index contributed by atoms with van der Waals surface area (Å²) in [7, 11) is 4.48. The molecule has 0 radical (unpaired) electrons. The molecular formula is C24H20BrN3O4S2. The zero-order valence-electron chi connectivity index (χ0n) is 18.5. The molecule has 0 aliphatic rings. The lowest BCUT2D eigenvalue weighted by Gasteiger charge is -2.15. The topological polar surface area (TPSA) is 81.7 Å². The van der Waals surface area contributed by atoms with E-state index in [0.29, 0.717) is 22.8 Å². The number of hydrogen-bond donors (Lipinski definition) is 2. The Hall–Kier alpha value is -3.21. The largest absolute Gasteiger partial charge is 0.493 e. The predicted octanol–water partition coefficient (Wildman–Crippen LogP) is 5.88. The minimum absolute atomic E-state index is 0.142. The summed E-state index contributed by atoms with van der Waals surface area (Å²) >= 11 is 10.5. The number of thiocarbonyl (C=S) groups is 1. The van der Waals surface area contributed by atoms with Crippen molar-refractivity contribution in [3.63, 3.8) is 0 Å². The van der Waals surface area contributed by atoms with Crippen molar-refractivity contribution in [1.29, 1.82) is 0 Å². The molecule has 0 unspecified atom stereocenters. The Morgan fingerprint density at radius 2 is 1.71 bits per heavy atom. The van der Waals surface area contributed by atoms with Gasteiger partial charge in [-0.05, 0) is 54.7 Å². The van der Waals surface area contributed by atoms with Gasteiger partial charge in [0.15, 0.2) is 16.6 Å². The van der Waals surface area contributed by atoms with Crippen molar-refractivity contribution >= 4 is 66.4 Å². The van der Waals surface area contributed by atoms with Gasteiger partial charge in [0.05, 0.1) is 37.2 Å². The number of aromatic nitrogens is 1. The number of carbonyl (C=O) groups excluding carboxylic acids is 1. The van der Waals surface area contributed by atoms with Gasteiger partial charge >= 0.3 is 0 Å². The van der Waals surface area contributed by atoms with Gasteiger partial charge in [0.2, 0.25) is 5.75 Å². The average molecular weight is 558 g/mol. The summed E-state index contributed by atoms with van der Waals surface area (Å²) < 4.78 is 18.0. The first-order valence-corrected chi connectivity index (χ1v) is 12.0. The van der Waals surface area contributed by atoms with Crippen LogP contribution < -0.4 is 24.8 Å². The highest BCUT2D eigenvalue weighted by molar-refractivity contribution is 9.10. The lowest BCUT2D eigenvalue weighted by atomic mass is 10.1. The lowest BCUT2D eigenvalue weighted by Crippen LogP contribution is -2.34. The number of fused-ring (bicyclic) bond motifs is 1. The molecule has 0 spiro atoms. The fourth-order valence-corrected chi connectivity index (χ4v) is 4.89. The summed E-state index contributed by atoms with van der Waals surface area (Å²) in [5.41, 5.74) is 2.81. The van der Waals surface area contributed by atoms with Gasteiger partial charge in [0, 0.05) is 15.6 Å². The van der Waals surface area contributed by atoms with Crippen LogP contribution in [0.5, 0.6) is 17.2 Å². The number of methoxy groups -OCH3 is 3. The Balaban J connectivity index is 1.58. The number of para-hydroxylation sites is 1. The molecule has 0 atom stereocenters. The molecule has 0 saturated carbocycles. The second kappa shape index (κ2) is 10.4. The molecule has 34 heavy (non-hydrogen) atoms. The number of anilines is 1. The van der Waals surface area contributed by atoms with Crippen LogP contribution in [0.15, 0.2) is 59.1 Å². The predicted molar refractivity (Wildman–Crippen MR) is 143 cm³/mol. The molecule has 0 aliphatic heterocycles. The van der Waals surface area contributed by atoms with Gasteiger partial charge in [-0.25, -0.2) is 4.98 Å². The van der Waals surface area contributed by atoms with Gasteiger partial charge in [-0.1, -0.05) is 28.1 Å². The van der Waals surface area contributed by atoms with E-state index in [2.05, 4.69) is 26.6 Å². The first-order valence-electron chi connectivity index (χ1n) is 10.0. The molecule has 10 heteroatoms. The lowest BCUT2D eigenvalue weighted by molar-refractivity contribution is 0.0977. The van der Waals surface area contributed by atoms with Crippen LogP contribution in [-0.4, -0.2) is 37.3 Å². The Kier molecular flexibility index (Phi) is 7.30. The molecular weight excluding hydrogens is 538 g/mol. The van der Waals surface area contributed by atoms with Gasteiger partial charge in [-0.15, -0.1) is 11.3 Å². The van der Waals surface area contributed by atoms with E-state index in [1.54, 1.807) is 23.5 Å². The van der Waals surface area contributed by atoms with Crippen molar-refractivity contribution in [3.05, 3.63) is 64.6 Å². The van der Waals surface area contributed by atoms with Gasteiger partial charge < -0.3 is 19.5 Å². The standard InChI is InChI=1S/C24H20BrN3O4S2/c1-30-18-10-13(11-19(31-2)21(18)32-3)22(29)28-24(33)27-16-9-8-14(25)12-15(16)23-26-17-6-4-5-7-20(17)34-23/h4-12H,1-3H3,(H2,27,28,29,33). The summed E-state index contributed by atoms with van der Waals surface area (Å²) in [6, 6.07) is 16.8. The number of rotatable bonds is 6. The van der Waals surface area contributed by atoms with Gasteiger partial charge in [0.1, 0.15) is 5.01 Å². The Labute approximate surface area is 214 Å². The van der Waals surface area contributed by atoms with Crippen LogP contribution >= 0.6 is 39.5 Å². The molecule has 174 valence electrons. The number of nitrogens with zero attached hydrogens (tertiary/aromatic N) is 1. The van der Waals surface area contributed by atoms with E-state index < -0.39 is 5.91 Å². The van der Waals surface area contributed by atoms with Crippen molar-refractivity contribution in [2.75, 3.05) is 26.6 Å². The number of thiazole rings is 1. The van der Waals surface area contributed by atoms with Gasteiger partial charge in [0.25, 0.3) is 5.91 Å². The van der Waals surface area contributed by atoms with Crippen molar-refractivity contribution in [1.82, 2.24) is 10.3 Å². The molecule has 3 aromatic carbocycles. The van der Waals surface area contributed by atoms with E-state index in [1.807, 2.05) is 42.5 Å². The second-order valence-electron chi connectivity index (χ2n) is 7.00. The van der Waals surface area contributed by atoms with E-state index >= 15 is 0 Å². The molecule has 4 rings (SSSR count). The number of amides is 1. The summed E-state index contributed by atoms with van der Waals surface area (Å²) in [5.74, 6) is 0.724. The molecule has 0 aliphatic carbocycles. The maximum Gasteiger partial charge on any atom is 0.257 e. The fourth-order valence-electron chi connectivity index (χ4n) is 3.33. The maximum atomic E-state index is 12.9. The molecule has 0 fully saturated rings. The van der Waals surface area contributed by atoms with Crippen LogP contribution in [0.2, 0.25) is 0 Å². The van der Waals surface area contributed by atoms with Crippen LogP contribution in [0, 0.1) is 0 Å². The molecule has 7 nitrogen and oxygen atoms in total. The Bertz CT molecular complexity index is 1330. The van der Waals surface area contributed by atoms with E-state index in [1.165, 1.54) is 21.3 Å². The second-order valence-corrected chi connectivity index (χ2v) is 9.35. The third kappa shape index (κ3) is 4.98. The average Bonchev–Trinajstić information content (AvgIpc) is 3.28. The Morgan fingerprint density at radius 3 is 2.35 bits per heavy atom. The van der Waals surface area contributed by atoms with Crippen LogP contribution in [-0.2, 0) is 0 Å².